The molecule has 0 aliphatic heterocycles. The lowest BCUT2D eigenvalue weighted by atomic mass is 10.1. The van der Waals surface area contributed by atoms with E-state index in [4.69, 9.17) is 18.0 Å². The highest BCUT2D eigenvalue weighted by molar-refractivity contribution is 7.80. The standard InChI is InChI=1S/C10H19N3O2S/c1-4-7(9(11)16)10(15)12-6-8(14)13(3)5-2/h7H,4-6H2,1-3H3,(H2,11,16)(H,12,15). The fourth-order valence-corrected chi connectivity index (χ4v) is 1.39. The van der Waals surface area contributed by atoms with Crippen LogP contribution in [0.25, 0.3) is 0 Å². The highest BCUT2D eigenvalue weighted by atomic mass is 32.1. The molecule has 0 radical (unpaired) electrons. The summed E-state index contributed by atoms with van der Waals surface area (Å²) in [4.78, 5) is 24.7. The third kappa shape index (κ3) is 4.57. The summed E-state index contributed by atoms with van der Waals surface area (Å²) in [6, 6.07) is 0. The Kier molecular flexibility index (Phi) is 6.64. The lowest BCUT2D eigenvalue weighted by Crippen LogP contribution is -2.43. The Morgan fingerprint density at radius 1 is 1.44 bits per heavy atom. The number of carbonyl (C=O) groups excluding carboxylic acids is 2. The van der Waals surface area contributed by atoms with Crippen molar-refractivity contribution in [2.45, 2.75) is 20.3 Å². The van der Waals surface area contributed by atoms with Gasteiger partial charge < -0.3 is 16.0 Å². The largest absolute Gasteiger partial charge is 0.393 e. The van der Waals surface area contributed by atoms with E-state index in [1.54, 1.807) is 7.05 Å². The normalized spacial score (nSPS) is 11.7. The number of rotatable bonds is 6. The second kappa shape index (κ2) is 7.16. The predicted molar refractivity (Wildman–Crippen MR) is 66.9 cm³/mol. The van der Waals surface area contributed by atoms with E-state index in [0.717, 1.165) is 0 Å². The Hall–Kier alpha value is -1.17. The van der Waals surface area contributed by atoms with Crippen molar-refractivity contribution in [1.82, 2.24) is 10.2 Å². The van der Waals surface area contributed by atoms with Gasteiger partial charge in [0, 0.05) is 13.6 Å². The van der Waals surface area contributed by atoms with Crippen LogP contribution in [0.2, 0.25) is 0 Å². The van der Waals surface area contributed by atoms with Crippen LogP contribution in [0, 0.1) is 5.92 Å². The van der Waals surface area contributed by atoms with Crippen molar-refractivity contribution in [2.24, 2.45) is 11.7 Å². The van der Waals surface area contributed by atoms with Gasteiger partial charge in [0.1, 0.15) is 0 Å². The molecule has 0 saturated heterocycles. The third-order valence-corrected chi connectivity index (χ3v) is 2.67. The first-order chi connectivity index (χ1) is 7.43. The summed E-state index contributed by atoms with van der Waals surface area (Å²) in [5, 5.41) is 2.53. The van der Waals surface area contributed by atoms with Crippen LogP contribution in [-0.2, 0) is 9.59 Å². The smallest absolute Gasteiger partial charge is 0.241 e. The summed E-state index contributed by atoms with van der Waals surface area (Å²) < 4.78 is 0. The van der Waals surface area contributed by atoms with Crippen molar-refractivity contribution in [3.05, 3.63) is 0 Å². The molecule has 0 saturated carbocycles. The molecule has 6 heteroatoms. The Morgan fingerprint density at radius 2 is 2.00 bits per heavy atom. The van der Waals surface area contributed by atoms with E-state index in [2.05, 4.69) is 5.32 Å². The fourth-order valence-electron chi connectivity index (χ4n) is 1.11. The molecule has 0 aromatic carbocycles. The van der Waals surface area contributed by atoms with Crippen molar-refractivity contribution in [2.75, 3.05) is 20.1 Å². The number of thiocarbonyl (C=S) groups is 1. The monoisotopic (exact) mass is 245 g/mol. The van der Waals surface area contributed by atoms with Crippen molar-refractivity contribution < 1.29 is 9.59 Å². The molecule has 0 spiro atoms. The Balaban J connectivity index is 4.16. The van der Waals surface area contributed by atoms with Crippen molar-refractivity contribution in [3.63, 3.8) is 0 Å². The first-order valence-corrected chi connectivity index (χ1v) is 5.65. The van der Waals surface area contributed by atoms with Gasteiger partial charge in [0.05, 0.1) is 17.5 Å². The quantitative estimate of drug-likeness (QED) is 0.640. The van der Waals surface area contributed by atoms with Gasteiger partial charge in [0.25, 0.3) is 0 Å². The average molecular weight is 245 g/mol. The van der Waals surface area contributed by atoms with Gasteiger partial charge in [-0.15, -0.1) is 0 Å². The van der Waals surface area contributed by atoms with Gasteiger partial charge >= 0.3 is 0 Å². The number of likely N-dealkylation sites (N-methyl/N-ethyl adjacent to an activating group) is 1. The highest BCUT2D eigenvalue weighted by Crippen LogP contribution is 2.02. The van der Waals surface area contributed by atoms with Crippen LogP contribution in [0.3, 0.4) is 0 Å². The van der Waals surface area contributed by atoms with Crippen molar-refractivity contribution >= 4 is 29.0 Å². The Labute approximate surface area is 101 Å². The van der Waals surface area contributed by atoms with E-state index in [-0.39, 0.29) is 23.3 Å². The third-order valence-electron chi connectivity index (χ3n) is 2.38. The number of nitrogens with zero attached hydrogens (tertiary/aromatic N) is 1. The zero-order chi connectivity index (χ0) is 12.7. The maximum Gasteiger partial charge on any atom is 0.241 e. The van der Waals surface area contributed by atoms with Crippen LogP contribution < -0.4 is 11.1 Å². The SMILES string of the molecule is CCC(C(=O)NCC(=O)N(C)CC)C(N)=S. The molecule has 2 amide bonds. The van der Waals surface area contributed by atoms with Crippen LogP contribution >= 0.6 is 12.2 Å². The highest BCUT2D eigenvalue weighted by Gasteiger charge is 2.19. The molecular formula is C10H19N3O2S. The summed E-state index contributed by atoms with van der Waals surface area (Å²) in [5.74, 6) is -0.906. The zero-order valence-corrected chi connectivity index (χ0v) is 10.8. The maximum atomic E-state index is 11.6. The molecule has 92 valence electrons. The molecule has 0 fully saturated rings. The second-order valence-electron chi connectivity index (χ2n) is 3.49. The van der Waals surface area contributed by atoms with Gasteiger partial charge in [0.2, 0.25) is 11.8 Å². The fraction of sp³-hybridized carbons (Fsp3) is 0.700. The van der Waals surface area contributed by atoms with Crippen LogP contribution in [0.5, 0.6) is 0 Å². The number of hydrogen-bond donors (Lipinski definition) is 2. The molecule has 0 rings (SSSR count). The summed E-state index contributed by atoms with van der Waals surface area (Å²) in [6.07, 6.45) is 0.541. The van der Waals surface area contributed by atoms with E-state index in [9.17, 15) is 9.59 Å². The molecular weight excluding hydrogens is 226 g/mol. The number of hydrogen-bond acceptors (Lipinski definition) is 3. The molecule has 0 aliphatic rings. The zero-order valence-electron chi connectivity index (χ0n) is 9.95. The predicted octanol–water partition coefficient (Wildman–Crippen LogP) is -0.107. The van der Waals surface area contributed by atoms with Crippen LogP contribution in [-0.4, -0.2) is 41.8 Å². The lowest BCUT2D eigenvalue weighted by molar-refractivity contribution is -0.132. The number of amides is 2. The molecule has 1 atom stereocenters. The van der Waals surface area contributed by atoms with Gasteiger partial charge in [-0.2, -0.15) is 0 Å². The molecule has 0 aliphatic carbocycles. The van der Waals surface area contributed by atoms with E-state index in [0.29, 0.717) is 13.0 Å². The van der Waals surface area contributed by atoms with E-state index in [1.807, 2.05) is 13.8 Å². The minimum Gasteiger partial charge on any atom is -0.393 e. The van der Waals surface area contributed by atoms with Crippen molar-refractivity contribution in [1.29, 1.82) is 0 Å². The second-order valence-corrected chi connectivity index (χ2v) is 3.96. The van der Waals surface area contributed by atoms with Gasteiger partial charge in [-0.05, 0) is 13.3 Å². The van der Waals surface area contributed by atoms with Gasteiger partial charge in [-0.25, -0.2) is 0 Å². The molecule has 5 nitrogen and oxygen atoms in total. The van der Waals surface area contributed by atoms with Crippen LogP contribution in [0.1, 0.15) is 20.3 Å². The van der Waals surface area contributed by atoms with E-state index < -0.39 is 5.92 Å². The first kappa shape index (κ1) is 14.8. The number of nitrogens with one attached hydrogen (secondary N) is 1. The molecule has 3 N–H and O–H groups in total. The van der Waals surface area contributed by atoms with Crippen LogP contribution in [0.15, 0.2) is 0 Å². The summed E-state index contributed by atoms with van der Waals surface area (Å²) in [5.41, 5.74) is 5.42. The average Bonchev–Trinajstić information content (AvgIpc) is 2.25. The molecule has 16 heavy (non-hydrogen) atoms. The summed E-state index contributed by atoms with van der Waals surface area (Å²) in [6.45, 7) is 4.29. The van der Waals surface area contributed by atoms with Crippen LogP contribution in [0.4, 0.5) is 0 Å². The minimum atomic E-state index is -0.491. The van der Waals surface area contributed by atoms with E-state index >= 15 is 0 Å². The van der Waals surface area contributed by atoms with Gasteiger partial charge in [0.15, 0.2) is 0 Å². The van der Waals surface area contributed by atoms with Gasteiger partial charge in [-0.1, -0.05) is 19.1 Å². The Bertz CT molecular complexity index is 281. The topological polar surface area (TPSA) is 75.4 Å². The molecule has 0 heterocycles. The van der Waals surface area contributed by atoms with Crippen molar-refractivity contribution in [3.8, 4) is 0 Å². The summed E-state index contributed by atoms with van der Waals surface area (Å²) in [7, 11) is 1.68. The first-order valence-electron chi connectivity index (χ1n) is 5.25. The number of carbonyl (C=O) groups is 2. The number of nitrogens with two attached hydrogens (primary N) is 1. The van der Waals surface area contributed by atoms with Gasteiger partial charge in [-0.3, -0.25) is 9.59 Å². The lowest BCUT2D eigenvalue weighted by Gasteiger charge is -2.17. The molecule has 0 aromatic rings. The molecule has 0 bridgehead atoms. The summed E-state index contributed by atoms with van der Waals surface area (Å²) >= 11 is 4.77. The molecule has 0 aromatic heterocycles. The maximum absolute atomic E-state index is 11.6. The van der Waals surface area contributed by atoms with E-state index in [1.165, 1.54) is 4.90 Å². The molecule has 1 unspecified atom stereocenters. The minimum absolute atomic E-state index is 0.0116. The Morgan fingerprint density at radius 3 is 2.38 bits per heavy atom.